The van der Waals surface area contributed by atoms with Crippen LogP contribution in [0.2, 0.25) is 0 Å². The van der Waals surface area contributed by atoms with E-state index in [1.807, 2.05) is 11.3 Å². The predicted octanol–water partition coefficient (Wildman–Crippen LogP) is 4.83. The summed E-state index contributed by atoms with van der Waals surface area (Å²) in [5.74, 6) is 0.644. The molecule has 0 amide bonds. The minimum atomic E-state index is 0.644. The van der Waals surface area contributed by atoms with Gasteiger partial charge in [0.15, 0.2) is 0 Å². The molecule has 0 saturated heterocycles. The summed E-state index contributed by atoms with van der Waals surface area (Å²) in [5.41, 5.74) is 2.88. The van der Waals surface area contributed by atoms with E-state index in [0.717, 1.165) is 25.9 Å². The number of aryl methyl sites for hydroxylation is 1. The van der Waals surface area contributed by atoms with Crippen molar-refractivity contribution in [2.24, 2.45) is 5.92 Å². The molecule has 1 nitrogen and oxygen atoms in total. The van der Waals surface area contributed by atoms with Gasteiger partial charge in [0.05, 0.1) is 0 Å². The van der Waals surface area contributed by atoms with Gasteiger partial charge in [0.2, 0.25) is 0 Å². The topological polar surface area (TPSA) is 12.0 Å². The van der Waals surface area contributed by atoms with E-state index in [0.29, 0.717) is 5.92 Å². The van der Waals surface area contributed by atoms with Crippen LogP contribution in [0.4, 0.5) is 0 Å². The lowest BCUT2D eigenvalue weighted by molar-refractivity contribution is 0.480. The number of benzene rings is 1. The molecule has 108 valence electrons. The zero-order valence-corrected chi connectivity index (χ0v) is 14.6. The van der Waals surface area contributed by atoms with Gasteiger partial charge in [-0.15, -0.1) is 11.3 Å². The quantitative estimate of drug-likeness (QED) is 0.753. The van der Waals surface area contributed by atoms with E-state index in [-0.39, 0.29) is 0 Å². The standard InChI is InChI=1S/C17H22BrNS/c1-3-19-12-14(11-17-16(18)8-9-20-17)10-15-7-5-4-6-13(15)2/h4-9,14,19H,3,10-12H2,1-2H3. The molecule has 1 aromatic heterocycles. The molecule has 0 radical (unpaired) electrons. The van der Waals surface area contributed by atoms with Crippen molar-refractivity contribution in [3.8, 4) is 0 Å². The second-order valence-corrected chi connectivity index (χ2v) is 7.06. The second-order valence-electron chi connectivity index (χ2n) is 5.20. The second kappa shape index (κ2) is 7.96. The first-order valence-corrected chi connectivity index (χ1v) is 8.85. The fraction of sp³-hybridized carbons (Fsp3) is 0.412. The molecular weight excluding hydrogens is 330 g/mol. The lowest BCUT2D eigenvalue weighted by atomic mass is 9.93. The van der Waals surface area contributed by atoms with Gasteiger partial charge in [-0.2, -0.15) is 0 Å². The monoisotopic (exact) mass is 351 g/mol. The molecule has 20 heavy (non-hydrogen) atoms. The maximum Gasteiger partial charge on any atom is 0.0314 e. The van der Waals surface area contributed by atoms with Gasteiger partial charge in [0.25, 0.3) is 0 Å². The zero-order valence-electron chi connectivity index (χ0n) is 12.2. The highest BCUT2D eigenvalue weighted by Crippen LogP contribution is 2.27. The highest BCUT2D eigenvalue weighted by atomic mass is 79.9. The van der Waals surface area contributed by atoms with Crippen LogP contribution in [0, 0.1) is 12.8 Å². The van der Waals surface area contributed by atoms with E-state index in [9.17, 15) is 0 Å². The molecule has 1 N–H and O–H groups in total. The van der Waals surface area contributed by atoms with Gasteiger partial charge in [-0.25, -0.2) is 0 Å². The molecule has 1 heterocycles. The third-order valence-electron chi connectivity index (χ3n) is 3.62. The summed E-state index contributed by atoms with van der Waals surface area (Å²) < 4.78 is 1.26. The first-order chi connectivity index (χ1) is 9.70. The molecule has 0 saturated carbocycles. The number of rotatable bonds is 7. The molecule has 1 atom stereocenters. The molecule has 0 spiro atoms. The van der Waals surface area contributed by atoms with Crippen molar-refractivity contribution >= 4 is 27.3 Å². The van der Waals surface area contributed by atoms with Gasteiger partial charge in [-0.1, -0.05) is 31.2 Å². The summed E-state index contributed by atoms with van der Waals surface area (Å²) in [7, 11) is 0. The van der Waals surface area contributed by atoms with Crippen molar-refractivity contribution in [2.45, 2.75) is 26.7 Å². The lowest BCUT2D eigenvalue weighted by Gasteiger charge is -2.18. The Balaban J connectivity index is 2.07. The first kappa shape index (κ1) is 15.7. The average molecular weight is 352 g/mol. The smallest absolute Gasteiger partial charge is 0.0314 e. The summed E-state index contributed by atoms with van der Waals surface area (Å²) >= 11 is 5.50. The fourth-order valence-electron chi connectivity index (χ4n) is 2.45. The zero-order chi connectivity index (χ0) is 14.4. The van der Waals surface area contributed by atoms with Crippen molar-refractivity contribution in [1.29, 1.82) is 0 Å². The summed E-state index contributed by atoms with van der Waals surface area (Å²) in [6, 6.07) is 10.9. The minimum absolute atomic E-state index is 0.644. The maximum absolute atomic E-state index is 3.65. The molecule has 0 aliphatic heterocycles. The Morgan fingerprint density at radius 3 is 2.65 bits per heavy atom. The van der Waals surface area contributed by atoms with E-state index < -0.39 is 0 Å². The van der Waals surface area contributed by atoms with Crippen molar-refractivity contribution < 1.29 is 0 Å². The Morgan fingerprint density at radius 2 is 2.00 bits per heavy atom. The van der Waals surface area contributed by atoms with Crippen molar-refractivity contribution in [2.75, 3.05) is 13.1 Å². The van der Waals surface area contributed by atoms with E-state index in [1.165, 1.54) is 20.5 Å². The van der Waals surface area contributed by atoms with Crippen molar-refractivity contribution in [3.63, 3.8) is 0 Å². The van der Waals surface area contributed by atoms with Crippen LogP contribution in [0.25, 0.3) is 0 Å². The number of hydrogen-bond acceptors (Lipinski definition) is 2. The molecule has 0 fully saturated rings. The fourth-order valence-corrected chi connectivity index (χ4v) is 4.08. The van der Waals surface area contributed by atoms with Crippen molar-refractivity contribution in [3.05, 3.63) is 56.2 Å². The summed E-state index contributed by atoms with van der Waals surface area (Å²) in [5, 5.41) is 5.67. The van der Waals surface area contributed by atoms with Crippen LogP contribution in [0.15, 0.2) is 40.2 Å². The largest absolute Gasteiger partial charge is 0.317 e. The third-order valence-corrected chi connectivity index (χ3v) is 5.57. The Hall–Kier alpha value is -0.640. The number of thiophene rings is 1. The van der Waals surface area contributed by atoms with Gasteiger partial charge < -0.3 is 5.32 Å². The van der Waals surface area contributed by atoms with Gasteiger partial charge >= 0.3 is 0 Å². The molecule has 3 heteroatoms. The maximum atomic E-state index is 3.65. The molecule has 0 aliphatic rings. The Labute approximate surface area is 134 Å². The Morgan fingerprint density at radius 1 is 1.20 bits per heavy atom. The van der Waals surface area contributed by atoms with E-state index in [4.69, 9.17) is 0 Å². The van der Waals surface area contributed by atoms with E-state index >= 15 is 0 Å². The predicted molar refractivity (Wildman–Crippen MR) is 92.6 cm³/mol. The number of halogens is 1. The minimum Gasteiger partial charge on any atom is -0.317 e. The normalized spacial score (nSPS) is 12.6. The Kier molecular flexibility index (Phi) is 6.27. The highest BCUT2D eigenvalue weighted by molar-refractivity contribution is 9.10. The molecule has 0 aliphatic carbocycles. The van der Waals surface area contributed by atoms with E-state index in [2.05, 4.69) is 70.8 Å². The highest BCUT2D eigenvalue weighted by Gasteiger charge is 2.14. The van der Waals surface area contributed by atoms with Crippen LogP contribution >= 0.6 is 27.3 Å². The third kappa shape index (κ3) is 4.44. The number of nitrogens with one attached hydrogen (secondary N) is 1. The molecule has 1 unspecified atom stereocenters. The summed E-state index contributed by atoms with van der Waals surface area (Å²) in [6.45, 7) is 6.50. The molecule has 1 aromatic carbocycles. The van der Waals surface area contributed by atoms with Crippen LogP contribution in [0.5, 0.6) is 0 Å². The van der Waals surface area contributed by atoms with Gasteiger partial charge in [-0.05, 0) is 77.3 Å². The van der Waals surface area contributed by atoms with Crippen LogP contribution in [0.3, 0.4) is 0 Å². The van der Waals surface area contributed by atoms with Crippen LogP contribution < -0.4 is 5.32 Å². The van der Waals surface area contributed by atoms with Crippen molar-refractivity contribution in [1.82, 2.24) is 5.32 Å². The average Bonchev–Trinajstić information content (AvgIpc) is 2.84. The Bertz CT molecular complexity index is 535. The first-order valence-electron chi connectivity index (χ1n) is 7.17. The van der Waals surface area contributed by atoms with Crippen LogP contribution in [0.1, 0.15) is 22.9 Å². The SMILES string of the molecule is CCNCC(Cc1ccccc1C)Cc1sccc1Br. The summed E-state index contributed by atoms with van der Waals surface area (Å²) in [4.78, 5) is 1.46. The van der Waals surface area contributed by atoms with Gasteiger partial charge in [0.1, 0.15) is 0 Å². The number of hydrogen-bond donors (Lipinski definition) is 1. The van der Waals surface area contributed by atoms with E-state index in [1.54, 1.807) is 0 Å². The summed E-state index contributed by atoms with van der Waals surface area (Å²) in [6.07, 6.45) is 2.28. The van der Waals surface area contributed by atoms with Crippen LogP contribution in [-0.4, -0.2) is 13.1 Å². The molecular formula is C17H22BrNS. The van der Waals surface area contributed by atoms with Gasteiger partial charge in [-0.3, -0.25) is 0 Å². The molecule has 2 aromatic rings. The molecule has 2 rings (SSSR count). The van der Waals surface area contributed by atoms with Crippen LogP contribution in [-0.2, 0) is 12.8 Å². The lowest BCUT2D eigenvalue weighted by Crippen LogP contribution is -2.25. The molecule has 0 bridgehead atoms. The van der Waals surface area contributed by atoms with Gasteiger partial charge in [0, 0.05) is 9.35 Å².